The quantitative estimate of drug-likeness (QED) is 0.838. The predicted octanol–water partition coefficient (Wildman–Crippen LogP) is 2.10. The van der Waals surface area contributed by atoms with E-state index >= 15 is 0 Å². The topological polar surface area (TPSA) is 66.0 Å². The molecule has 0 spiro atoms. The van der Waals surface area contributed by atoms with E-state index in [9.17, 15) is 0 Å². The molecule has 0 unspecified atom stereocenters. The van der Waals surface area contributed by atoms with Gasteiger partial charge in [-0.1, -0.05) is 0 Å². The van der Waals surface area contributed by atoms with Crippen molar-refractivity contribution >= 4 is 23.5 Å². The van der Waals surface area contributed by atoms with Crippen LogP contribution in [0.2, 0.25) is 5.28 Å². The van der Waals surface area contributed by atoms with Gasteiger partial charge >= 0.3 is 0 Å². The highest BCUT2D eigenvalue weighted by Crippen LogP contribution is 2.19. The monoisotopic (exact) mass is 298 g/mol. The van der Waals surface area contributed by atoms with Gasteiger partial charge in [-0.05, 0) is 63.8 Å². The maximum atomic E-state index is 5.88. The van der Waals surface area contributed by atoms with E-state index in [2.05, 4.69) is 37.5 Å². The molecule has 20 heavy (non-hydrogen) atoms. The van der Waals surface area contributed by atoms with Crippen LogP contribution < -0.4 is 10.6 Å². The molecule has 1 aromatic heterocycles. The molecule has 2 rings (SSSR count). The van der Waals surface area contributed by atoms with Crippen LogP contribution >= 0.6 is 11.6 Å². The van der Waals surface area contributed by atoms with Gasteiger partial charge in [0, 0.05) is 13.1 Å². The van der Waals surface area contributed by atoms with Gasteiger partial charge in [0.05, 0.1) is 0 Å². The Morgan fingerprint density at radius 3 is 2.45 bits per heavy atom. The minimum absolute atomic E-state index is 0.220. The summed E-state index contributed by atoms with van der Waals surface area (Å²) in [4.78, 5) is 14.8. The Morgan fingerprint density at radius 2 is 1.80 bits per heavy atom. The molecule has 1 saturated heterocycles. The summed E-state index contributed by atoms with van der Waals surface area (Å²) in [5, 5.41) is 6.50. The molecule has 7 heteroatoms. The summed E-state index contributed by atoms with van der Waals surface area (Å²) in [5.41, 5.74) is 0. The molecule has 1 aromatic rings. The van der Waals surface area contributed by atoms with Crippen molar-refractivity contribution in [3.63, 3.8) is 0 Å². The van der Waals surface area contributed by atoms with E-state index in [1.54, 1.807) is 0 Å². The van der Waals surface area contributed by atoms with Crippen molar-refractivity contribution in [2.45, 2.75) is 26.2 Å². The number of nitrogens with one attached hydrogen (secondary N) is 2. The molecule has 6 nitrogen and oxygen atoms in total. The normalized spacial score (nSPS) is 17.1. The van der Waals surface area contributed by atoms with Crippen molar-refractivity contribution < 1.29 is 0 Å². The first-order valence-electron chi connectivity index (χ1n) is 7.25. The third kappa shape index (κ3) is 4.76. The van der Waals surface area contributed by atoms with Crippen molar-refractivity contribution in [1.29, 1.82) is 0 Å². The van der Waals surface area contributed by atoms with Crippen LogP contribution in [0.1, 0.15) is 26.2 Å². The van der Waals surface area contributed by atoms with Crippen LogP contribution in [0.3, 0.4) is 0 Å². The highest BCUT2D eigenvalue weighted by molar-refractivity contribution is 6.28. The number of hydrogen-bond donors (Lipinski definition) is 2. The van der Waals surface area contributed by atoms with E-state index in [-0.39, 0.29) is 5.28 Å². The van der Waals surface area contributed by atoms with Crippen LogP contribution in [0.5, 0.6) is 0 Å². The summed E-state index contributed by atoms with van der Waals surface area (Å²) < 4.78 is 0. The number of piperidine rings is 1. The van der Waals surface area contributed by atoms with Crippen molar-refractivity contribution in [3.05, 3.63) is 5.28 Å². The lowest BCUT2D eigenvalue weighted by Crippen LogP contribution is -2.30. The second-order valence-corrected chi connectivity index (χ2v) is 5.58. The summed E-state index contributed by atoms with van der Waals surface area (Å²) >= 11 is 5.88. The van der Waals surface area contributed by atoms with E-state index in [4.69, 9.17) is 11.6 Å². The zero-order chi connectivity index (χ0) is 14.4. The van der Waals surface area contributed by atoms with E-state index in [1.165, 1.54) is 25.9 Å². The van der Waals surface area contributed by atoms with Crippen molar-refractivity contribution in [2.75, 3.05) is 43.9 Å². The molecule has 0 bridgehead atoms. The Kier molecular flexibility index (Phi) is 5.79. The van der Waals surface area contributed by atoms with Gasteiger partial charge in [-0.25, -0.2) is 0 Å². The van der Waals surface area contributed by atoms with Gasteiger partial charge in [0.2, 0.25) is 17.2 Å². The van der Waals surface area contributed by atoms with E-state index in [1.807, 2.05) is 6.92 Å². The Bertz CT molecular complexity index is 419. The Balaban J connectivity index is 1.78. The number of anilines is 2. The summed E-state index contributed by atoms with van der Waals surface area (Å²) in [5.74, 6) is 1.87. The summed E-state index contributed by atoms with van der Waals surface area (Å²) in [7, 11) is 2.18. The molecular formula is C13H23ClN6. The maximum Gasteiger partial charge on any atom is 0.228 e. The molecule has 1 aliphatic rings. The predicted molar refractivity (Wildman–Crippen MR) is 82.3 cm³/mol. The smallest absolute Gasteiger partial charge is 0.228 e. The molecule has 1 fully saturated rings. The van der Waals surface area contributed by atoms with E-state index in [0.29, 0.717) is 11.9 Å². The average Bonchev–Trinajstić information content (AvgIpc) is 2.41. The van der Waals surface area contributed by atoms with Gasteiger partial charge in [0.15, 0.2) is 0 Å². The van der Waals surface area contributed by atoms with E-state index < -0.39 is 0 Å². The number of likely N-dealkylation sites (tertiary alicyclic amines) is 1. The molecule has 2 N–H and O–H groups in total. The average molecular weight is 299 g/mol. The van der Waals surface area contributed by atoms with E-state index in [0.717, 1.165) is 25.4 Å². The second-order valence-electron chi connectivity index (χ2n) is 5.24. The number of nitrogens with zero attached hydrogens (tertiary/aromatic N) is 4. The van der Waals surface area contributed by atoms with Gasteiger partial charge in [0.25, 0.3) is 0 Å². The van der Waals surface area contributed by atoms with Gasteiger partial charge < -0.3 is 15.5 Å². The maximum absolute atomic E-state index is 5.88. The third-order valence-electron chi connectivity index (χ3n) is 3.62. The first kappa shape index (κ1) is 15.3. The van der Waals surface area contributed by atoms with Crippen molar-refractivity contribution in [1.82, 2.24) is 19.9 Å². The Labute approximate surface area is 125 Å². The SMILES string of the molecule is CCNc1nc(Cl)nc(NCCC2CCN(C)CC2)n1. The lowest BCUT2D eigenvalue weighted by Gasteiger charge is -2.28. The minimum atomic E-state index is 0.220. The van der Waals surface area contributed by atoms with Crippen molar-refractivity contribution in [2.24, 2.45) is 5.92 Å². The van der Waals surface area contributed by atoms with Crippen LogP contribution in [0, 0.1) is 5.92 Å². The summed E-state index contributed by atoms with van der Waals surface area (Å²) in [6.45, 7) is 6.03. The van der Waals surface area contributed by atoms with Gasteiger partial charge in [-0.3, -0.25) is 0 Å². The first-order chi connectivity index (χ1) is 9.67. The molecule has 0 atom stereocenters. The highest BCUT2D eigenvalue weighted by atomic mass is 35.5. The molecule has 112 valence electrons. The lowest BCUT2D eigenvalue weighted by molar-refractivity contribution is 0.215. The zero-order valence-electron chi connectivity index (χ0n) is 12.2. The fraction of sp³-hybridized carbons (Fsp3) is 0.769. The van der Waals surface area contributed by atoms with Gasteiger partial charge in [0.1, 0.15) is 0 Å². The zero-order valence-corrected chi connectivity index (χ0v) is 12.9. The van der Waals surface area contributed by atoms with Gasteiger partial charge in [-0.2, -0.15) is 15.0 Å². The van der Waals surface area contributed by atoms with Crippen LogP contribution in [0.4, 0.5) is 11.9 Å². The molecule has 0 radical (unpaired) electrons. The minimum Gasteiger partial charge on any atom is -0.354 e. The molecular weight excluding hydrogens is 276 g/mol. The van der Waals surface area contributed by atoms with Crippen LogP contribution in [-0.4, -0.2) is 53.1 Å². The molecule has 0 saturated carbocycles. The Hall–Kier alpha value is -1.14. The second kappa shape index (κ2) is 7.59. The van der Waals surface area contributed by atoms with Crippen LogP contribution in [-0.2, 0) is 0 Å². The van der Waals surface area contributed by atoms with Crippen molar-refractivity contribution in [3.8, 4) is 0 Å². The highest BCUT2D eigenvalue weighted by Gasteiger charge is 2.16. The number of halogens is 1. The number of aromatic nitrogens is 3. The lowest BCUT2D eigenvalue weighted by atomic mass is 9.94. The van der Waals surface area contributed by atoms with Crippen LogP contribution in [0.25, 0.3) is 0 Å². The number of rotatable bonds is 6. The molecule has 1 aliphatic heterocycles. The molecule has 2 heterocycles. The largest absolute Gasteiger partial charge is 0.354 e. The molecule has 0 amide bonds. The first-order valence-corrected chi connectivity index (χ1v) is 7.63. The summed E-state index contributed by atoms with van der Waals surface area (Å²) in [6, 6.07) is 0. The third-order valence-corrected chi connectivity index (χ3v) is 3.79. The Morgan fingerprint density at radius 1 is 1.15 bits per heavy atom. The summed E-state index contributed by atoms with van der Waals surface area (Å²) in [6.07, 6.45) is 3.70. The number of hydrogen-bond acceptors (Lipinski definition) is 6. The standard InChI is InChI=1S/C13H23ClN6/c1-3-15-12-17-11(14)18-13(19-12)16-7-4-10-5-8-20(2)9-6-10/h10H,3-9H2,1-2H3,(H2,15,16,17,18,19). The fourth-order valence-corrected chi connectivity index (χ4v) is 2.57. The fourth-order valence-electron chi connectivity index (χ4n) is 2.41. The molecule has 0 aliphatic carbocycles. The van der Waals surface area contributed by atoms with Gasteiger partial charge in [-0.15, -0.1) is 0 Å². The van der Waals surface area contributed by atoms with Crippen LogP contribution in [0.15, 0.2) is 0 Å². The molecule has 0 aromatic carbocycles.